The van der Waals surface area contributed by atoms with E-state index in [1.54, 1.807) is 67.0 Å². The van der Waals surface area contributed by atoms with Gasteiger partial charge < -0.3 is 0 Å². The molecule has 0 amide bonds. The van der Waals surface area contributed by atoms with Gasteiger partial charge in [-0.15, -0.1) is 0 Å². The minimum Gasteiger partial charge on any atom is -0.265 e. The molecule has 6 heteroatoms. The van der Waals surface area contributed by atoms with Crippen LogP contribution in [-0.2, 0) is 0 Å². The molecule has 4 aromatic heterocycles. The number of thiophene rings is 1. The third-order valence-corrected chi connectivity index (χ3v) is 3.24. The molecule has 5 nitrogen and oxygen atoms in total. The average Bonchev–Trinajstić information content (AvgIpc) is 3.45. The quantitative estimate of drug-likeness (QED) is 0.344. The van der Waals surface area contributed by atoms with E-state index in [-0.39, 0.29) is 0 Å². The Balaban J connectivity index is 0.000000182. The molecule has 0 unspecified atom stereocenters. The molecule has 0 saturated heterocycles. The molecule has 1 aromatic carbocycles. The second kappa shape index (κ2) is 20.5. The summed E-state index contributed by atoms with van der Waals surface area (Å²) in [6.07, 6.45) is 14.9. The lowest BCUT2D eigenvalue weighted by Gasteiger charge is -1.70. The zero-order chi connectivity index (χ0) is 20.5. The maximum Gasteiger partial charge on any atom is 0.115 e. The van der Waals surface area contributed by atoms with Crippen LogP contribution in [0.1, 0.15) is 0 Å². The van der Waals surface area contributed by atoms with Crippen LogP contribution < -0.4 is 0 Å². The van der Waals surface area contributed by atoms with Crippen molar-refractivity contribution in [2.45, 2.75) is 0 Å². The molecule has 0 aliphatic heterocycles. The summed E-state index contributed by atoms with van der Waals surface area (Å²) in [4.78, 5) is 18.6. The van der Waals surface area contributed by atoms with Gasteiger partial charge in [0, 0.05) is 49.6 Å². The van der Waals surface area contributed by atoms with Crippen LogP contribution in [0.3, 0.4) is 0 Å². The van der Waals surface area contributed by atoms with Crippen molar-refractivity contribution in [2.75, 3.05) is 0 Å². The van der Waals surface area contributed by atoms with Crippen molar-refractivity contribution in [1.29, 1.82) is 0 Å². The van der Waals surface area contributed by atoms with Gasteiger partial charge in [-0.2, -0.15) is 11.3 Å². The van der Waals surface area contributed by atoms with Crippen LogP contribution in [-0.4, -0.2) is 24.9 Å². The number of benzene rings is 1. The minimum atomic E-state index is 1.50. The van der Waals surface area contributed by atoms with Gasteiger partial charge in [0.05, 0.1) is 0 Å². The van der Waals surface area contributed by atoms with E-state index in [2.05, 4.69) is 24.9 Å². The van der Waals surface area contributed by atoms with E-state index in [9.17, 15) is 0 Å². The van der Waals surface area contributed by atoms with Crippen LogP contribution in [0, 0.1) is 0 Å². The third-order valence-electron chi connectivity index (χ3n) is 2.61. The van der Waals surface area contributed by atoms with Gasteiger partial charge in [0.1, 0.15) is 6.33 Å². The standard InChI is InChI=1S/C6H6.C5H5N.2C4H4N2.C4H4S/c2*1-2-4-6-5-3-1;1-2-6-4-3-5-1;1-2-5-4-6-3-1;1-2-4-5-3-1/h1-6H;1-5H;2*1-4H;1-4H. The maximum atomic E-state index is 3.78. The van der Waals surface area contributed by atoms with E-state index in [1.807, 2.05) is 77.5 Å². The molecule has 5 rings (SSSR count). The summed E-state index contributed by atoms with van der Waals surface area (Å²) >= 11 is 1.71. The van der Waals surface area contributed by atoms with Crippen molar-refractivity contribution in [3.05, 3.63) is 139 Å². The highest BCUT2D eigenvalue weighted by Gasteiger charge is 1.61. The normalized spacial score (nSPS) is 8.00. The molecule has 0 radical (unpaired) electrons. The summed E-state index contributed by atoms with van der Waals surface area (Å²) in [5.74, 6) is 0. The fourth-order valence-electron chi connectivity index (χ4n) is 1.43. The number of rotatable bonds is 0. The Bertz CT molecular complexity index is 597. The summed E-state index contributed by atoms with van der Waals surface area (Å²) in [6.45, 7) is 0. The third kappa shape index (κ3) is 18.8. The van der Waals surface area contributed by atoms with E-state index >= 15 is 0 Å². The monoisotopic (exact) mass is 401 g/mol. The SMILES string of the molecule is c1ccccc1.c1ccncc1.c1ccsc1.c1cnccn1.c1cncnc1. The molecular formula is C23H23N5S. The van der Waals surface area contributed by atoms with E-state index in [0.29, 0.717) is 0 Å². The lowest BCUT2D eigenvalue weighted by atomic mass is 10.4. The van der Waals surface area contributed by atoms with E-state index in [4.69, 9.17) is 0 Å². The van der Waals surface area contributed by atoms with Gasteiger partial charge in [-0.25, -0.2) is 9.97 Å². The van der Waals surface area contributed by atoms with E-state index in [0.717, 1.165) is 0 Å². The zero-order valence-electron chi connectivity index (χ0n) is 15.9. The van der Waals surface area contributed by atoms with Crippen molar-refractivity contribution < 1.29 is 0 Å². The van der Waals surface area contributed by atoms with Gasteiger partial charge in [-0.05, 0) is 29.0 Å². The van der Waals surface area contributed by atoms with Crippen molar-refractivity contribution in [2.24, 2.45) is 0 Å². The summed E-state index contributed by atoms with van der Waals surface area (Å²) in [5.41, 5.74) is 0. The van der Waals surface area contributed by atoms with Crippen LogP contribution >= 0.6 is 11.3 Å². The molecule has 0 saturated carbocycles. The molecule has 0 atom stereocenters. The largest absolute Gasteiger partial charge is 0.265 e. The zero-order valence-corrected chi connectivity index (χ0v) is 16.7. The Hall–Kier alpha value is -3.77. The van der Waals surface area contributed by atoms with Crippen LogP contribution in [0.5, 0.6) is 0 Å². The lowest BCUT2D eigenvalue weighted by molar-refractivity contribution is 1.17. The van der Waals surface area contributed by atoms with Gasteiger partial charge in [0.15, 0.2) is 0 Å². The summed E-state index contributed by atoms with van der Waals surface area (Å²) < 4.78 is 0. The number of pyridine rings is 1. The van der Waals surface area contributed by atoms with Gasteiger partial charge in [-0.1, -0.05) is 54.6 Å². The van der Waals surface area contributed by atoms with Crippen LogP contribution in [0.25, 0.3) is 0 Å². The predicted molar refractivity (Wildman–Crippen MR) is 119 cm³/mol. The molecule has 29 heavy (non-hydrogen) atoms. The van der Waals surface area contributed by atoms with Crippen LogP contribution in [0.2, 0.25) is 0 Å². The van der Waals surface area contributed by atoms with Crippen LogP contribution in [0.15, 0.2) is 139 Å². The van der Waals surface area contributed by atoms with E-state index < -0.39 is 0 Å². The van der Waals surface area contributed by atoms with Crippen molar-refractivity contribution in [3.63, 3.8) is 0 Å². The molecule has 146 valence electrons. The lowest BCUT2D eigenvalue weighted by Crippen LogP contribution is -1.66. The highest BCUT2D eigenvalue weighted by molar-refractivity contribution is 7.07. The Morgan fingerprint density at radius 1 is 0.310 bits per heavy atom. The number of hydrogen-bond donors (Lipinski definition) is 0. The fourth-order valence-corrected chi connectivity index (χ4v) is 1.88. The summed E-state index contributed by atoms with van der Waals surface area (Å²) in [5, 5.41) is 4.08. The van der Waals surface area contributed by atoms with Gasteiger partial charge in [-0.3, -0.25) is 15.0 Å². The van der Waals surface area contributed by atoms with Gasteiger partial charge in [0.2, 0.25) is 0 Å². The smallest absolute Gasteiger partial charge is 0.115 e. The molecule has 0 N–H and O–H groups in total. The molecular weight excluding hydrogens is 378 g/mol. The van der Waals surface area contributed by atoms with Crippen molar-refractivity contribution in [3.8, 4) is 0 Å². The van der Waals surface area contributed by atoms with Gasteiger partial charge >= 0.3 is 0 Å². The first-order valence-electron chi connectivity index (χ1n) is 8.72. The highest BCUT2D eigenvalue weighted by atomic mass is 32.1. The van der Waals surface area contributed by atoms with Crippen molar-refractivity contribution in [1.82, 2.24) is 24.9 Å². The Morgan fingerprint density at radius 2 is 0.690 bits per heavy atom. The summed E-state index contributed by atoms with van der Waals surface area (Å²) in [6, 6.07) is 23.5. The minimum absolute atomic E-state index is 1.50. The second-order valence-corrected chi connectivity index (χ2v) is 5.59. The van der Waals surface area contributed by atoms with E-state index in [1.165, 1.54) is 6.33 Å². The maximum absolute atomic E-state index is 3.78. The fraction of sp³-hybridized carbons (Fsp3) is 0. The van der Waals surface area contributed by atoms with Crippen molar-refractivity contribution >= 4 is 11.3 Å². The highest BCUT2D eigenvalue weighted by Crippen LogP contribution is 1.91. The number of aromatic nitrogens is 5. The molecule has 0 aliphatic rings. The predicted octanol–water partition coefficient (Wildman–Crippen LogP) is 5.47. The molecule has 0 bridgehead atoms. The number of nitrogens with zero attached hydrogens (tertiary/aromatic N) is 5. The first-order valence-corrected chi connectivity index (χ1v) is 9.66. The van der Waals surface area contributed by atoms with Crippen LogP contribution in [0.4, 0.5) is 0 Å². The first-order chi connectivity index (χ1) is 14.5. The number of hydrogen-bond acceptors (Lipinski definition) is 6. The average molecular weight is 402 g/mol. The Morgan fingerprint density at radius 3 is 0.862 bits per heavy atom. The molecule has 0 aliphatic carbocycles. The molecule has 0 fully saturated rings. The summed E-state index contributed by atoms with van der Waals surface area (Å²) in [7, 11) is 0. The van der Waals surface area contributed by atoms with Gasteiger partial charge in [0.25, 0.3) is 0 Å². The molecule has 4 heterocycles. The Kier molecular flexibility index (Phi) is 16.5. The molecule has 0 spiro atoms. The second-order valence-electron chi connectivity index (χ2n) is 4.77. The first kappa shape index (κ1) is 23.3. The topological polar surface area (TPSA) is 64.5 Å². The molecule has 5 aromatic rings. The Labute approximate surface area is 175 Å².